The molecule has 0 saturated heterocycles. The Morgan fingerprint density at radius 2 is 0.545 bits per heavy atom. The molecule has 1 atom stereocenters. The predicted molar refractivity (Wildman–Crippen MR) is 284 cm³/mol. The summed E-state index contributed by atoms with van der Waals surface area (Å²) < 4.78 is 16.8. The maximum Gasteiger partial charge on any atom is 0.306 e. The molecule has 0 aliphatic rings. The van der Waals surface area contributed by atoms with Crippen LogP contribution in [0.4, 0.5) is 0 Å². The van der Waals surface area contributed by atoms with Crippen molar-refractivity contribution in [2.75, 3.05) is 13.2 Å². The van der Waals surface area contributed by atoms with E-state index in [9.17, 15) is 14.4 Å². The quantitative estimate of drug-likeness (QED) is 0.0262. The summed E-state index contributed by atoms with van der Waals surface area (Å²) in [4.78, 5) is 38.1. The first-order valence-corrected chi connectivity index (χ1v) is 28.3. The molecule has 66 heavy (non-hydrogen) atoms. The van der Waals surface area contributed by atoms with Crippen LogP contribution >= 0.6 is 0 Å². The van der Waals surface area contributed by atoms with Gasteiger partial charge in [0.05, 0.1) is 0 Å². The lowest BCUT2D eigenvalue weighted by Crippen LogP contribution is -2.30. The molecule has 0 heterocycles. The van der Waals surface area contributed by atoms with Crippen molar-refractivity contribution in [1.29, 1.82) is 0 Å². The molecule has 0 aromatic rings. The molecule has 0 aliphatic carbocycles. The highest BCUT2D eigenvalue weighted by Crippen LogP contribution is 2.15. The van der Waals surface area contributed by atoms with Gasteiger partial charge in [-0.25, -0.2) is 0 Å². The molecular formula is C60H106O6. The van der Waals surface area contributed by atoms with Crippen LogP contribution in [0.2, 0.25) is 0 Å². The molecule has 0 aliphatic heterocycles. The Balaban J connectivity index is 4.43. The Hall–Kier alpha value is -2.89. The van der Waals surface area contributed by atoms with Crippen molar-refractivity contribution in [3.05, 3.63) is 60.8 Å². The van der Waals surface area contributed by atoms with Gasteiger partial charge >= 0.3 is 17.9 Å². The van der Waals surface area contributed by atoms with Gasteiger partial charge in [-0.2, -0.15) is 0 Å². The summed E-state index contributed by atoms with van der Waals surface area (Å²) in [7, 11) is 0. The molecule has 0 radical (unpaired) electrons. The fraction of sp³-hybridized carbons (Fsp3) is 0.783. The summed E-state index contributed by atoms with van der Waals surface area (Å²) in [5.41, 5.74) is 0. The average molecular weight is 924 g/mol. The lowest BCUT2D eigenvalue weighted by atomic mass is 10.1. The van der Waals surface area contributed by atoms with Gasteiger partial charge in [0.25, 0.3) is 0 Å². The monoisotopic (exact) mass is 923 g/mol. The third-order valence-electron chi connectivity index (χ3n) is 12.2. The summed E-state index contributed by atoms with van der Waals surface area (Å²) in [6.07, 6.45) is 67.7. The smallest absolute Gasteiger partial charge is 0.306 e. The van der Waals surface area contributed by atoms with Crippen LogP contribution in [0.5, 0.6) is 0 Å². The molecular weight excluding hydrogens is 817 g/mol. The zero-order chi connectivity index (χ0) is 47.9. The molecule has 0 spiro atoms. The molecule has 0 N–H and O–H groups in total. The molecule has 0 rings (SSSR count). The van der Waals surface area contributed by atoms with E-state index in [1.54, 1.807) is 0 Å². The Morgan fingerprint density at radius 1 is 0.303 bits per heavy atom. The van der Waals surface area contributed by atoms with E-state index in [0.717, 1.165) is 89.9 Å². The summed E-state index contributed by atoms with van der Waals surface area (Å²) >= 11 is 0. The number of rotatable bonds is 51. The third-order valence-corrected chi connectivity index (χ3v) is 12.2. The van der Waals surface area contributed by atoms with Crippen LogP contribution in [0.3, 0.4) is 0 Å². The Morgan fingerprint density at radius 3 is 0.894 bits per heavy atom. The van der Waals surface area contributed by atoms with Crippen molar-refractivity contribution in [2.45, 2.75) is 290 Å². The van der Waals surface area contributed by atoms with Crippen molar-refractivity contribution in [3.8, 4) is 0 Å². The van der Waals surface area contributed by atoms with Gasteiger partial charge in [0.1, 0.15) is 13.2 Å². The minimum absolute atomic E-state index is 0.0868. The Kier molecular flexibility index (Phi) is 52.3. The van der Waals surface area contributed by atoms with E-state index < -0.39 is 6.10 Å². The zero-order valence-electron chi connectivity index (χ0n) is 43.7. The zero-order valence-corrected chi connectivity index (χ0v) is 43.7. The van der Waals surface area contributed by atoms with Crippen molar-refractivity contribution < 1.29 is 28.6 Å². The van der Waals surface area contributed by atoms with Crippen LogP contribution in [-0.2, 0) is 28.6 Å². The molecule has 382 valence electrons. The van der Waals surface area contributed by atoms with Crippen LogP contribution < -0.4 is 0 Å². The normalized spacial score (nSPS) is 12.5. The topological polar surface area (TPSA) is 78.9 Å². The lowest BCUT2D eigenvalue weighted by Gasteiger charge is -2.18. The van der Waals surface area contributed by atoms with Gasteiger partial charge < -0.3 is 14.2 Å². The van der Waals surface area contributed by atoms with Crippen molar-refractivity contribution >= 4 is 17.9 Å². The Bertz CT molecular complexity index is 1200. The highest BCUT2D eigenvalue weighted by Gasteiger charge is 2.19. The first-order chi connectivity index (χ1) is 32.5. The van der Waals surface area contributed by atoms with E-state index in [2.05, 4.69) is 81.5 Å². The molecule has 0 aromatic carbocycles. The lowest BCUT2D eigenvalue weighted by molar-refractivity contribution is -0.167. The van der Waals surface area contributed by atoms with Gasteiger partial charge in [0, 0.05) is 19.3 Å². The van der Waals surface area contributed by atoms with Gasteiger partial charge in [0.2, 0.25) is 0 Å². The van der Waals surface area contributed by atoms with Gasteiger partial charge in [-0.15, -0.1) is 0 Å². The van der Waals surface area contributed by atoms with Crippen molar-refractivity contribution in [3.63, 3.8) is 0 Å². The van der Waals surface area contributed by atoms with Crippen LogP contribution in [-0.4, -0.2) is 37.2 Å². The molecule has 0 unspecified atom stereocenters. The molecule has 0 saturated carbocycles. The van der Waals surface area contributed by atoms with E-state index >= 15 is 0 Å². The van der Waals surface area contributed by atoms with E-state index in [0.29, 0.717) is 19.3 Å². The number of ether oxygens (including phenoxy) is 3. The summed E-state index contributed by atoms with van der Waals surface area (Å²) in [5.74, 6) is -0.912. The van der Waals surface area contributed by atoms with Crippen LogP contribution in [0, 0.1) is 0 Å². The maximum absolute atomic E-state index is 12.8. The Labute approximate surface area is 409 Å². The van der Waals surface area contributed by atoms with E-state index in [1.165, 1.54) is 154 Å². The summed E-state index contributed by atoms with van der Waals surface area (Å²) in [6.45, 7) is 6.59. The predicted octanol–water partition coefficient (Wildman–Crippen LogP) is 18.8. The molecule has 6 nitrogen and oxygen atoms in total. The minimum Gasteiger partial charge on any atom is -0.462 e. The maximum atomic E-state index is 12.8. The second kappa shape index (κ2) is 54.7. The molecule has 0 aromatic heterocycles. The second-order valence-corrected chi connectivity index (χ2v) is 18.8. The van der Waals surface area contributed by atoms with Gasteiger partial charge in [-0.05, 0) is 109 Å². The fourth-order valence-corrected chi connectivity index (χ4v) is 7.91. The van der Waals surface area contributed by atoms with Gasteiger partial charge in [-0.3, -0.25) is 14.4 Å². The number of unbranched alkanes of at least 4 members (excludes halogenated alkanes) is 30. The largest absolute Gasteiger partial charge is 0.462 e. The first-order valence-electron chi connectivity index (χ1n) is 28.3. The molecule has 0 bridgehead atoms. The number of hydrogen-bond acceptors (Lipinski definition) is 6. The third kappa shape index (κ3) is 52.1. The van der Waals surface area contributed by atoms with Crippen LogP contribution in [0.25, 0.3) is 0 Å². The summed E-state index contributed by atoms with van der Waals surface area (Å²) in [5, 5.41) is 0. The fourth-order valence-electron chi connectivity index (χ4n) is 7.91. The van der Waals surface area contributed by atoms with E-state index in [4.69, 9.17) is 14.2 Å². The second-order valence-electron chi connectivity index (χ2n) is 18.8. The van der Waals surface area contributed by atoms with Crippen LogP contribution in [0.1, 0.15) is 284 Å². The number of esters is 3. The molecule has 6 heteroatoms. The average Bonchev–Trinajstić information content (AvgIpc) is 3.31. The number of hydrogen-bond donors (Lipinski definition) is 0. The van der Waals surface area contributed by atoms with Crippen molar-refractivity contribution in [2.24, 2.45) is 0 Å². The highest BCUT2D eigenvalue weighted by atomic mass is 16.6. The number of carbonyl (C=O) groups is 3. The van der Waals surface area contributed by atoms with Crippen molar-refractivity contribution in [1.82, 2.24) is 0 Å². The van der Waals surface area contributed by atoms with Crippen LogP contribution in [0.15, 0.2) is 60.8 Å². The number of carbonyl (C=O) groups excluding carboxylic acids is 3. The summed E-state index contributed by atoms with van der Waals surface area (Å²) in [6, 6.07) is 0. The molecule has 0 amide bonds. The molecule has 0 fully saturated rings. The van der Waals surface area contributed by atoms with E-state index in [1.807, 2.05) is 0 Å². The van der Waals surface area contributed by atoms with Gasteiger partial charge in [0.15, 0.2) is 6.10 Å². The number of allylic oxidation sites excluding steroid dienone is 10. The first kappa shape index (κ1) is 63.1. The van der Waals surface area contributed by atoms with E-state index in [-0.39, 0.29) is 31.1 Å². The minimum atomic E-state index is -0.789. The standard InChI is InChI=1S/C60H106O6/c1-4-7-10-13-16-19-22-25-28-30-32-35-38-41-44-47-50-53-59(62)65-56-57(55-64-58(61)52-49-46-43-40-37-34-27-24-21-18-15-12-9-6-3)66-60(63)54-51-48-45-42-39-36-33-31-29-26-23-20-17-14-11-8-5-2/h16,19,24-29,32,35,57H,4-15,17-18,20-23,30-31,33-34,36-56H2,1-3H3/b19-16-,27-24-,28-25-,29-26-,35-32-/t57-/m1/s1. The highest BCUT2D eigenvalue weighted by molar-refractivity contribution is 5.71. The SMILES string of the molecule is CCCCC/C=C\C/C=C\C/C=C\CCCCCCC(=O)OC[C@@H](COC(=O)CCCCCCC/C=C\CCCCCCC)OC(=O)CCCCCCCCC/C=C\CCCCCCCC. The van der Waals surface area contributed by atoms with Gasteiger partial charge in [-0.1, -0.05) is 216 Å².